The minimum Gasteiger partial charge on any atom is -0.480 e. The first kappa shape index (κ1) is 17.9. The van der Waals surface area contributed by atoms with Gasteiger partial charge in [0.2, 0.25) is 5.91 Å². The minimum atomic E-state index is -1.04. The van der Waals surface area contributed by atoms with Gasteiger partial charge in [-0.15, -0.1) is 0 Å². The molecule has 0 bridgehead atoms. The normalized spacial score (nSPS) is 10.4. The maximum atomic E-state index is 12.1. The lowest BCUT2D eigenvalue weighted by Crippen LogP contribution is -2.38. The van der Waals surface area contributed by atoms with Gasteiger partial charge in [-0.25, -0.2) is 0 Å². The first-order valence-corrected chi connectivity index (χ1v) is 7.53. The number of carboxylic acid groups (broad SMARTS) is 1. The first-order chi connectivity index (χ1) is 9.93. The van der Waals surface area contributed by atoms with Gasteiger partial charge in [0, 0.05) is 29.6 Å². The molecule has 0 aliphatic heterocycles. The summed E-state index contributed by atoms with van der Waals surface area (Å²) in [6, 6.07) is 5.37. The van der Waals surface area contributed by atoms with Crippen molar-refractivity contribution >= 4 is 39.4 Å². The molecule has 1 rings (SSSR count). The summed E-state index contributed by atoms with van der Waals surface area (Å²) in [6.45, 7) is 0.247. The molecule has 0 spiro atoms. The van der Waals surface area contributed by atoms with E-state index in [1.165, 1.54) is 12.0 Å². The number of hydrogen-bond acceptors (Lipinski definition) is 3. The van der Waals surface area contributed by atoms with Gasteiger partial charge in [-0.3, -0.25) is 9.59 Å². The number of aliphatic carboxylic acids is 1. The number of aryl methyl sites for hydroxylation is 1. The van der Waals surface area contributed by atoms with Gasteiger partial charge in [-0.1, -0.05) is 27.5 Å². The van der Waals surface area contributed by atoms with Gasteiger partial charge in [-0.2, -0.15) is 0 Å². The molecule has 1 N–H and O–H groups in total. The van der Waals surface area contributed by atoms with E-state index in [2.05, 4.69) is 15.9 Å². The maximum Gasteiger partial charge on any atom is 0.323 e. The Balaban J connectivity index is 2.63. The van der Waals surface area contributed by atoms with Crippen LogP contribution in [0.25, 0.3) is 0 Å². The highest BCUT2D eigenvalue weighted by molar-refractivity contribution is 9.10. The summed E-state index contributed by atoms with van der Waals surface area (Å²) < 4.78 is 5.77. The van der Waals surface area contributed by atoms with Gasteiger partial charge >= 0.3 is 5.97 Å². The second-order valence-electron chi connectivity index (χ2n) is 4.44. The lowest BCUT2D eigenvalue weighted by atomic mass is 10.1. The van der Waals surface area contributed by atoms with E-state index in [0.29, 0.717) is 18.1 Å². The van der Waals surface area contributed by atoms with E-state index in [0.717, 1.165) is 10.0 Å². The second kappa shape index (κ2) is 9.02. The Kier molecular flexibility index (Phi) is 7.71. The molecule has 0 saturated carbocycles. The molecule has 21 heavy (non-hydrogen) atoms. The Bertz CT molecular complexity index is 510. The number of methoxy groups -OCH3 is 1. The third kappa shape index (κ3) is 6.46. The van der Waals surface area contributed by atoms with E-state index in [-0.39, 0.29) is 25.4 Å². The molecule has 7 heteroatoms. The average molecular weight is 379 g/mol. The monoisotopic (exact) mass is 377 g/mol. The molecule has 0 unspecified atom stereocenters. The van der Waals surface area contributed by atoms with Crippen molar-refractivity contribution in [2.45, 2.75) is 12.8 Å². The molecule has 0 aliphatic rings. The van der Waals surface area contributed by atoms with E-state index in [9.17, 15) is 9.59 Å². The number of carbonyl (C=O) groups is 2. The maximum absolute atomic E-state index is 12.1. The molecule has 0 saturated heterocycles. The Morgan fingerprint density at radius 1 is 1.43 bits per heavy atom. The van der Waals surface area contributed by atoms with E-state index < -0.39 is 5.97 Å². The van der Waals surface area contributed by atoms with Crippen molar-refractivity contribution in [3.05, 3.63) is 33.3 Å². The Morgan fingerprint density at radius 2 is 2.14 bits per heavy atom. The van der Waals surface area contributed by atoms with Crippen LogP contribution in [0.2, 0.25) is 5.02 Å². The summed E-state index contributed by atoms with van der Waals surface area (Å²) in [7, 11) is 1.51. The van der Waals surface area contributed by atoms with Crippen LogP contribution in [-0.2, 0) is 20.7 Å². The van der Waals surface area contributed by atoms with Crippen LogP contribution in [0.3, 0.4) is 0 Å². The van der Waals surface area contributed by atoms with Crippen molar-refractivity contribution in [1.82, 2.24) is 4.90 Å². The molecule has 0 radical (unpaired) electrons. The molecule has 0 fully saturated rings. The summed E-state index contributed by atoms with van der Waals surface area (Å²) in [4.78, 5) is 24.2. The summed E-state index contributed by atoms with van der Waals surface area (Å²) >= 11 is 9.32. The Labute approximate surface area is 137 Å². The quantitative estimate of drug-likeness (QED) is 0.755. The lowest BCUT2D eigenvalue weighted by molar-refractivity contribution is -0.144. The molecule has 0 heterocycles. The third-order valence-corrected chi connectivity index (χ3v) is 3.87. The van der Waals surface area contributed by atoms with Gasteiger partial charge in [-0.05, 0) is 30.2 Å². The largest absolute Gasteiger partial charge is 0.480 e. The molecule has 0 aliphatic carbocycles. The predicted octanol–water partition coefficient (Wildman–Crippen LogP) is 2.59. The van der Waals surface area contributed by atoms with Crippen LogP contribution < -0.4 is 0 Å². The molecule has 116 valence electrons. The number of carbonyl (C=O) groups excluding carboxylic acids is 1. The van der Waals surface area contributed by atoms with Gasteiger partial charge in [0.25, 0.3) is 0 Å². The number of benzene rings is 1. The summed E-state index contributed by atoms with van der Waals surface area (Å²) in [5, 5.41) is 9.44. The van der Waals surface area contributed by atoms with Crippen molar-refractivity contribution in [2.24, 2.45) is 0 Å². The highest BCUT2D eigenvalue weighted by Gasteiger charge is 2.16. The van der Waals surface area contributed by atoms with Gasteiger partial charge < -0.3 is 14.7 Å². The zero-order chi connectivity index (χ0) is 15.8. The van der Waals surface area contributed by atoms with E-state index in [4.69, 9.17) is 21.4 Å². The van der Waals surface area contributed by atoms with Crippen LogP contribution in [0, 0.1) is 0 Å². The smallest absolute Gasteiger partial charge is 0.323 e. The van der Waals surface area contributed by atoms with Crippen molar-refractivity contribution in [3.63, 3.8) is 0 Å². The number of rotatable bonds is 8. The number of halogens is 2. The average Bonchev–Trinajstić information content (AvgIpc) is 2.43. The number of nitrogens with zero attached hydrogens (tertiary/aromatic N) is 1. The molecule has 0 atom stereocenters. The molecule has 1 aromatic carbocycles. The van der Waals surface area contributed by atoms with Crippen LogP contribution in [0.4, 0.5) is 0 Å². The van der Waals surface area contributed by atoms with E-state index >= 15 is 0 Å². The third-order valence-electron chi connectivity index (χ3n) is 2.86. The topological polar surface area (TPSA) is 66.8 Å². The predicted molar refractivity (Wildman–Crippen MR) is 83.6 cm³/mol. The highest BCUT2D eigenvalue weighted by atomic mass is 79.9. The van der Waals surface area contributed by atoms with Gasteiger partial charge in [0.15, 0.2) is 0 Å². The fourth-order valence-electron chi connectivity index (χ4n) is 1.79. The number of amides is 1. The van der Waals surface area contributed by atoms with Crippen LogP contribution in [0.5, 0.6) is 0 Å². The molecule has 1 aromatic rings. The fourth-order valence-corrected chi connectivity index (χ4v) is 2.43. The van der Waals surface area contributed by atoms with Crippen LogP contribution in [0.15, 0.2) is 22.7 Å². The van der Waals surface area contributed by atoms with Gasteiger partial charge in [0.1, 0.15) is 6.54 Å². The molecule has 1 amide bonds. The number of hydrogen-bond donors (Lipinski definition) is 1. The second-order valence-corrected chi connectivity index (χ2v) is 5.73. The van der Waals surface area contributed by atoms with E-state index in [1.807, 2.05) is 6.07 Å². The van der Waals surface area contributed by atoms with Crippen molar-refractivity contribution in [1.29, 1.82) is 0 Å². The standard InChI is InChI=1S/C14H17BrClNO4/c1-21-7-6-17(9-14(19)20)13(18)5-2-10-8-11(16)3-4-12(10)15/h3-4,8H,2,5-7,9H2,1H3,(H,19,20). The van der Waals surface area contributed by atoms with Crippen LogP contribution in [-0.4, -0.2) is 48.7 Å². The zero-order valence-electron chi connectivity index (χ0n) is 11.6. The molecule has 5 nitrogen and oxygen atoms in total. The van der Waals surface area contributed by atoms with E-state index in [1.54, 1.807) is 12.1 Å². The SMILES string of the molecule is COCCN(CC(=O)O)C(=O)CCc1cc(Cl)ccc1Br. The number of ether oxygens (including phenoxy) is 1. The summed E-state index contributed by atoms with van der Waals surface area (Å²) in [5.74, 6) is -1.26. The summed E-state index contributed by atoms with van der Waals surface area (Å²) in [6.07, 6.45) is 0.707. The van der Waals surface area contributed by atoms with Crippen molar-refractivity contribution < 1.29 is 19.4 Å². The van der Waals surface area contributed by atoms with Gasteiger partial charge in [0.05, 0.1) is 6.61 Å². The van der Waals surface area contributed by atoms with Crippen molar-refractivity contribution in [3.8, 4) is 0 Å². The summed E-state index contributed by atoms with van der Waals surface area (Å²) in [5.41, 5.74) is 0.915. The lowest BCUT2D eigenvalue weighted by Gasteiger charge is -2.20. The molecule has 0 aromatic heterocycles. The fraction of sp³-hybridized carbons (Fsp3) is 0.429. The Morgan fingerprint density at radius 3 is 2.76 bits per heavy atom. The minimum absolute atomic E-state index is 0.218. The van der Waals surface area contributed by atoms with Crippen molar-refractivity contribution in [2.75, 3.05) is 26.8 Å². The highest BCUT2D eigenvalue weighted by Crippen LogP contribution is 2.22. The first-order valence-electron chi connectivity index (χ1n) is 6.36. The van der Waals surface area contributed by atoms with Crippen LogP contribution >= 0.6 is 27.5 Å². The number of carboxylic acids is 1. The van der Waals surface area contributed by atoms with Crippen LogP contribution in [0.1, 0.15) is 12.0 Å². The molecular formula is C14H17BrClNO4. The Hall–Kier alpha value is -1.11. The molecular weight excluding hydrogens is 362 g/mol. The zero-order valence-corrected chi connectivity index (χ0v) is 14.0.